The molecule has 3 unspecified atom stereocenters. The Morgan fingerprint density at radius 1 is 1.33 bits per heavy atom. The zero-order valence-corrected chi connectivity index (χ0v) is 10.3. The van der Waals surface area contributed by atoms with Crippen LogP contribution in [0.2, 0.25) is 4.82 Å². The van der Waals surface area contributed by atoms with Crippen molar-refractivity contribution in [2.45, 2.75) is 24.1 Å². The summed E-state index contributed by atoms with van der Waals surface area (Å²) in [5.41, 5.74) is 0. The first-order chi connectivity index (χ1) is 5.95. The van der Waals surface area contributed by atoms with E-state index in [1.54, 1.807) is 6.42 Å². The van der Waals surface area contributed by atoms with Gasteiger partial charge in [0.25, 0.3) is 0 Å². The van der Waals surface area contributed by atoms with Crippen LogP contribution in [0.25, 0.3) is 0 Å². The normalized spacial score (nSPS) is 44.0. The van der Waals surface area contributed by atoms with Crippen molar-refractivity contribution in [1.82, 2.24) is 0 Å². The van der Waals surface area contributed by atoms with Gasteiger partial charge >= 0.3 is 84.9 Å². The van der Waals surface area contributed by atoms with Gasteiger partial charge < -0.3 is 0 Å². The number of hydrogen-bond donors (Lipinski definition) is 0. The van der Waals surface area contributed by atoms with E-state index in [4.69, 9.17) is 0 Å². The predicted octanol–water partition coefficient (Wildman–Crippen LogP) is 1.98. The van der Waals surface area contributed by atoms with Crippen molar-refractivity contribution < 1.29 is 0 Å². The van der Waals surface area contributed by atoms with Crippen LogP contribution in [0, 0.1) is 11.8 Å². The summed E-state index contributed by atoms with van der Waals surface area (Å²) in [6.07, 6.45) is 11.7. The van der Waals surface area contributed by atoms with Crippen molar-refractivity contribution in [2.24, 2.45) is 11.8 Å². The minimum atomic E-state index is 0.926. The molecule has 64 valence electrons. The molecule has 3 atom stereocenters. The number of rotatable bonds is 0. The molecule has 1 saturated heterocycles. The van der Waals surface area contributed by atoms with Crippen molar-refractivity contribution in [3.8, 4) is 0 Å². The minimum absolute atomic E-state index is 0.926. The van der Waals surface area contributed by atoms with Crippen molar-refractivity contribution in [3.63, 3.8) is 0 Å². The van der Waals surface area contributed by atoms with Gasteiger partial charge in [-0.15, -0.1) is 0 Å². The first kappa shape index (κ1) is 7.88. The fourth-order valence-electron chi connectivity index (χ4n) is 2.51. The van der Waals surface area contributed by atoms with Crippen molar-refractivity contribution in [2.75, 3.05) is 0 Å². The summed E-state index contributed by atoms with van der Waals surface area (Å²) in [7, 11) is 0. The molecule has 0 amide bonds. The van der Waals surface area contributed by atoms with E-state index in [-0.39, 0.29) is 0 Å². The van der Waals surface area contributed by atoms with Crippen molar-refractivity contribution >= 4 is 26.3 Å². The maximum absolute atomic E-state index is 2.47. The fourth-order valence-corrected chi connectivity index (χ4v) is 12.9. The summed E-state index contributed by atoms with van der Waals surface area (Å²) in [5, 5.41) is 0. The average Bonchev–Trinajstić information content (AvgIpc) is 2.52. The van der Waals surface area contributed by atoms with Gasteiger partial charge in [0.15, 0.2) is 0 Å². The number of hydrogen-bond acceptors (Lipinski definition) is 0. The van der Waals surface area contributed by atoms with Crippen LogP contribution >= 0.6 is 0 Å². The van der Waals surface area contributed by atoms with Gasteiger partial charge in [-0.2, -0.15) is 0 Å². The first-order valence-electron chi connectivity index (χ1n) is 4.67. The molecule has 3 aliphatic rings. The summed E-state index contributed by atoms with van der Waals surface area (Å²) in [6.45, 7) is 0. The van der Waals surface area contributed by atoms with Crippen molar-refractivity contribution in [1.29, 1.82) is 0 Å². The molecule has 2 fully saturated rings. The summed E-state index contributed by atoms with van der Waals surface area (Å²) >= 11 is 1.93. The summed E-state index contributed by atoms with van der Waals surface area (Å²) in [6, 6.07) is 0. The molecule has 0 bridgehead atoms. The molecule has 0 aromatic carbocycles. The average molecular weight is 290 g/mol. The van der Waals surface area contributed by atoms with E-state index in [1.165, 1.54) is 12.8 Å². The van der Waals surface area contributed by atoms with Gasteiger partial charge in [-0.25, -0.2) is 0 Å². The van der Waals surface area contributed by atoms with Crippen LogP contribution in [-0.2, 0) is 0 Å². The molecule has 0 spiro atoms. The van der Waals surface area contributed by atoms with Gasteiger partial charge in [0.1, 0.15) is 0 Å². The van der Waals surface area contributed by atoms with Crippen molar-refractivity contribution in [3.05, 3.63) is 22.7 Å². The third kappa shape index (κ3) is 1.09. The van der Waals surface area contributed by atoms with Crippen LogP contribution in [0.1, 0.15) is 19.3 Å². The Morgan fingerprint density at radius 2 is 2.33 bits per heavy atom. The molecule has 1 heterocycles. The summed E-state index contributed by atoms with van der Waals surface area (Å²) < 4.78 is 1.86. The van der Waals surface area contributed by atoms with E-state index in [9.17, 15) is 0 Å². The fraction of sp³-hybridized carbons (Fsp3) is 0.600. The molecule has 1 aliphatic heterocycles. The van der Waals surface area contributed by atoms with E-state index in [0.29, 0.717) is 0 Å². The standard InChI is InChI=1S/C10H12Se2/c1-3-7-4-2-6-9-10(7)8(5-1)11-12-9/h1,3,5,7,9-10H,2,4,6H2. The second-order valence-electron chi connectivity index (χ2n) is 3.79. The maximum atomic E-state index is 2.47. The molecule has 12 heavy (non-hydrogen) atoms. The Kier molecular flexibility index (Phi) is 1.99. The molecule has 2 aliphatic carbocycles. The van der Waals surface area contributed by atoms with E-state index in [0.717, 1.165) is 42.9 Å². The van der Waals surface area contributed by atoms with Crippen LogP contribution < -0.4 is 0 Å². The summed E-state index contributed by atoms with van der Waals surface area (Å²) in [5.74, 6) is 1.98. The van der Waals surface area contributed by atoms with E-state index >= 15 is 0 Å². The molecular formula is C10H12Se2. The molecular weight excluding hydrogens is 278 g/mol. The third-order valence-electron chi connectivity index (χ3n) is 3.10. The van der Waals surface area contributed by atoms with Crippen LogP contribution in [-0.4, -0.2) is 26.3 Å². The number of allylic oxidation sites excluding steroid dienone is 4. The monoisotopic (exact) mass is 292 g/mol. The molecule has 2 heteroatoms. The van der Waals surface area contributed by atoms with Crippen LogP contribution in [0.4, 0.5) is 0 Å². The molecule has 0 radical (unpaired) electrons. The molecule has 0 nitrogen and oxygen atoms in total. The first-order valence-corrected chi connectivity index (χ1v) is 10.8. The molecule has 0 aromatic rings. The molecule has 0 aromatic heterocycles. The topological polar surface area (TPSA) is 0 Å². The van der Waals surface area contributed by atoms with Gasteiger partial charge in [-0.3, -0.25) is 0 Å². The Balaban J connectivity index is 1.98. The van der Waals surface area contributed by atoms with Crippen LogP contribution in [0.3, 0.4) is 0 Å². The summed E-state index contributed by atoms with van der Waals surface area (Å²) in [4.78, 5) is 1.15. The van der Waals surface area contributed by atoms with Gasteiger partial charge in [0.05, 0.1) is 0 Å². The third-order valence-corrected chi connectivity index (χ3v) is 12.0. The second-order valence-corrected chi connectivity index (χ2v) is 10.7. The molecule has 0 N–H and O–H groups in total. The SMILES string of the molecule is C1=CC2CCCC3[Se][Se]C(=C1)C23. The van der Waals surface area contributed by atoms with Gasteiger partial charge in [0, 0.05) is 0 Å². The Hall–Kier alpha value is 0.519. The van der Waals surface area contributed by atoms with Gasteiger partial charge in [-0.05, 0) is 0 Å². The second kappa shape index (κ2) is 3.03. The van der Waals surface area contributed by atoms with Gasteiger partial charge in [0.2, 0.25) is 0 Å². The zero-order chi connectivity index (χ0) is 7.97. The quantitative estimate of drug-likeness (QED) is 0.599. The van der Waals surface area contributed by atoms with Crippen LogP contribution in [0.15, 0.2) is 22.7 Å². The molecule has 3 rings (SSSR count). The Morgan fingerprint density at radius 3 is 3.33 bits per heavy atom. The van der Waals surface area contributed by atoms with E-state index < -0.39 is 0 Å². The van der Waals surface area contributed by atoms with Gasteiger partial charge in [-0.1, -0.05) is 0 Å². The van der Waals surface area contributed by atoms with Crippen LogP contribution in [0.5, 0.6) is 0 Å². The Bertz CT molecular complexity index is 255. The van der Waals surface area contributed by atoms with E-state index in [2.05, 4.69) is 18.2 Å². The molecule has 1 saturated carbocycles. The van der Waals surface area contributed by atoms with E-state index in [1.807, 2.05) is 4.47 Å². The zero-order valence-electron chi connectivity index (χ0n) is 6.90. The predicted molar refractivity (Wildman–Crippen MR) is 53.3 cm³/mol. The Labute approximate surface area is 84.7 Å².